The maximum atomic E-state index is 12.7. The zero-order chi connectivity index (χ0) is 21.6. The molecule has 0 amide bonds. The predicted octanol–water partition coefficient (Wildman–Crippen LogP) is 4.85. The zero-order valence-corrected chi connectivity index (χ0v) is 16.8. The van der Waals surface area contributed by atoms with Crippen molar-refractivity contribution in [2.24, 2.45) is 5.92 Å². The summed E-state index contributed by atoms with van der Waals surface area (Å²) in [5, 5.41) is 0. The molecule has 0 bridgehead atoms. The molecule has 0 aliphatic heterocycles. The lowest BCUT2D eigenvalue weighted by Gasteiger charge is -2.12. The summed E-state index contributed by atoms with van der Waals surface area (Å²) in [5.41, 5.74) is 2.08. The van der Waals surface area contributed by atoms with Crippen LogP contribution in [0.15, 0.2) is 65.7 Å². The molecule has 0 atom stereocenters. The van der Waals surface area contributed by atoms with E-state index in [9.17, 15) is 13.6 Å². The summed E-state index contributed by atoms with van der Waals surface area (Å²) >= 11 is 0. The van der Waals surface area contributed by atoms with Gasteiger partial charge >= 0.3 is 6.61 Å². The van der Waals surface area contributed by atoms with E-state index in [4.69, 9.17) is 4.74 Å². The van der Waals surface area contributed by atoms with Gasteiger partial charge in [0, 0.05) is 6.07 Å². The van der Waals surface area contributed by atoms with Gasteiger partial charge in [-0.2, -0.15) is 8.78 Å². The van der Waals surface area contributed by atoms with Crippen molar-refractivity contribution in [3.63, 3.8) is 0 Å². The number of nitrogens with zero attached hydrogens (tertiary/aromatic N) is 2. The van der Waals surface area contributed by atoms with Crippen molar-refractivity contribution in [3.05, 3.63) is 88.1 Å². The molecule has 1 fully saturated rings. The third-order valence-electron chi connectivity index (χ3n) is 4.90. The lowest BCUT2D eigenvalue weighted by Crippen LogP contribution is -2.20. The molecule has 1 aliphatic rings. The fourth-order valence-electron chi connectivity index (χ4n) is 3.04. The van der Waals surface area contributed by atoms with Gasteiger partial charge in [-0.15, -0.1) is 0 Å². The summed E-state index contributed by atoms with van der Waals surface area (Å²) in [6.45, 7) is -1.99. The lowest BCUT2D eigenvalue weighted by atomic mass is 10.1. The van der Waals surface area contributed by atoms with E-state index >= 15 is 0 Å². The highest BCUT2D eigenvalue weighted by Gasteiger charge is 2.23. The highest BCUT2D eigenvalue weighted by molar-refractivity contribution is 5.69. The second-order valence-corrected chi connectivity index (χ2v) is 7.44. The molecule has 5 nitrogen and oxygen atoms in total. The molecule has 160 valence electrons. The van der Waals surface area contributed by atoms with Crippen molar-refractivity contribution in [1.82, 2.24) is 9.55 Å². The van der Waals surface area contributed by atoms with E-state index in [1.807, 2.05) is 30.3 Å². The van der Waals surface area contributed by atoms with Crippen LogP contribution in [0, 0.1) is 5.92 Å². The van der Waals surface area contributed by atoms with Gasteiger partial charge in [0.25, 0.3) is 5.56 Å². The molecule has 1 aliphatic carbocycles. The molecule has 0 unspecified atom stereocenters. The van der Waals surface area contributed by atoms with Gasteiger partial charge in [0.05, 0.1) is 25.2 Å². The largest absolute Gasteiger partial charge is 0.489 e. The van der Waals surface area contributed by atoms with Crippen LogP contribution in [0.3, 0.4) is 0 Å². The Morgan fingerprint density at radius 1 is 1.06 bits per heavy atom. The van der Waals surface area contributed by atoms with E-state index in [1.165, 1.54) is 23.0 Å². The summed E-state index contributed by atoms with van der Waals surface area (Å²) < 4.78 is 37.1. The SMILES string of the molecule is O=c1cc(/C=C/c2ccc(OC(F)F)c(OCC3CC3)c2)ncn1Cc1ccccc1. The standard InChI is InChI=1S/C24H22F2N2O3/c25-24(26)31-21-11-9-17(12-22(21)30-15-19-6-7-19)8-10-20-13-23(29)28(16-27-20)14-18-4-2-1-3-5-18/h1-5,8-13,16,19,24H,6-7,14-15H2/b10-8+. The van der Waals surface area contributed by atoms with Gasteiger partial charge in [-0.1, -0.05) is 42.5 Å². The third-order valence-corrected chi connectivity index (χ3v) is 4.90. The average Bonchev–Trinajstić information content (AvgIpc) is 3.59. The van der Waals surface area contributed by atoms with Crippen LogP contribution in [-0.4, -0.2) is 22.8 Å². The molecule has 0 N–H and O–H groups in total. The van der Waals surface area contributed by atoms with E-state index in [0.717, 1.165) is 24.0 Å². The Kier molecular flexibility index (Phi) is 6.40. The molecular weight excluding hydrogens is 402 g/mol. The number of aromatic nitrogens is 2. The normalized spacial score (nSPS) is 13.6. The van der Waals surface area contributed by atoms with Crippen molar-refractivity contribution in [2.45, 2.75) is 26.0 Å². The Bertz CT molecular complexity index is 1110. The first-order chi connectivity index (χ1) is 15.1. The van der Waals surface area contributed by atoms with Crippen molar-refractivity contribution >= 4 is 12.2 Å². The fourth-order valence-corrected chi connectivity index (χ4v) is 3.04. The first kappa shape index (κ1) is 20.8. The summed E-state index contributed by atoms with van der Waals surface area (Å²) in [6.07, 6.45) is 7.14. The monoisotopic (exact) mass is 424 g/mol. The van der Waals surface area contributed by atoms with Gasteiger partial charge in [-0.25, -0.2) is 4.98 Å². The van der Waals surface area contributed by atoms with Crippen LogP contribution in [0.1, 0.15) is 29.7 Å². The highest BCUT2D eigenvalue weighted by atomic mass is 19.3. The van der Waals surface area contributed by atoms with Crippen LogP contribution in [0.2, 0.25) is 0 Å². The van der Waals surface area contributed by atoms with Crippen molar-refractivity contribution in [3.8, 4) is 11.5 Å². The van der Waals surface area contributed by atoms with Gasteiger partial charge in [0.2, 0.25) is 0 Å². The van der Waals surface area contributed by atoms with Gasteiger partial charge in [-0.05, 0) is 48.1 Å². The van der Waals surface area contributed by atoms with Gasteiger partial charge < -0.3 is 9.47 Å². The summed E-state index contributed by atoms with van der Waals surface area (Å²) in [4.78, 5) is 16.7. The number of halogens is 2. The maximum absolute atomic E-state index is 12.7. The zero-order valence-electron chi connectivity index (χ0n) is 16.8. The van der Waals surface area contributed by atoms with Gasteiger partial charge in [-0.3, -0.25) is 9.36 Å². The number of rotatable bonds is 9. The first-order valence-corrected chi connectivity index (χ1v) is 10.1. The number of ether oxygens (including phenoxy) is 2. The minimum atomic E-state index is -2.92. The van der Waals surface area contributed by atoms with Crippen molar-refractivity contribution in [1.29, 1.82) is 0 Å². The Hall–Kier alpha value is -3.48. The molecular formula is C24H22F2N2O3. The fraction of sp³-hybridized carbons (Fsp3) is 0.250. The second-order valence-electron chi connectivity index (χ2n) is 7.44. The smallest absolute Gasteiger partial charge is 0.387 e. The van der Waals surface area contributed by atoms with Crippen LogP contribution < -0.4 is 15.0 Å². The number of hydrogen-bond donors (Lipinski definition) is 0. The first-order valence-electron chi connectivity index (χ1n) is 10.1. The molecule has 0 spiro atoms. The Balaban J connectivity index is 1.48. The number of benzene rings is 2. The average molecular weight is 424 g/mol. The van der Waals surface area contributed by atoms with Crippen LogP contribution in [-0.2, 0) is 6.54 Å². The second kappa shape index (κ2) is 9.55. The van der Waals surface area contributed by atoms with Crippen molar-refractivity contribution < 1.29 is 18.3 Å². The quantitative estimate of drug-likeness (QED) is 0.493. The summed E-state index contributed by atoms with van der Waals surface area (Å²) in [5.74, 6) is 0.764. The van der Waals surface area contributed by atoms with E-state index < -0.39 is 6.61 Å². The van der Waals surface area contributed by atoms with E-state index in [2.05, 4.69) is 9.72 Å². The van der Waals surface area contributed by atoms with Crippen LogP contribution in [0.4, 0.5) is 8.78 Å². The molecule has 7 heteroatoms. The predicted molar refractivity (Wildman–Crippen MR) is 114 cm³/mol. The van der Waals surface area contributed by atoms with E-state index in [-0.39, 0.29) is 17.1 Å². The number of alkyl halides is 2. The topological polar surface area (TPSA) is 53.4 Å². The molecule has 31 heavy (non-hydrogen) atoms. The van der Waals surface area contributed by atoms with E-state index in [0.29, 0.717) is 24.8 Å². The molecule has 3 aromatic rings. The lowest BCUT2D eigenvalue weighted by molar-refractivity contribution is -0.0515. The van der Waals surface area contributed by atoms with Crippen LogP contribution in [0.5, 0.6) is 11.5 Å². The molecule has 0 radical (unpaired) electrons. The summed E-state index contributed by atoms with van der Waals surface area (Å²) in [7, 11) is 0. The van der Waals surface area contributed by atoms with Crippen molar-refractivity contribution in [2.75, 3.05) is 6.61 Å². The molecule has 0 saturated heterocycles. The van der Waals surface area contributed by atoms with E-state index in [1.54, 1.807) is 24.3 Å². The molecule has 2 aromatic carbocycles. The molecule has 1 saturated carbocycles. The Morgan fingerprint density at radius 2 is 1.87 bits per heavy atom. The number of hydrogen-bond acceptors (Lipinski definition) is 4. The Labute approximate surface area is 178 Å². The van der Waals surface area contributed by atoms with Gasteiger partial charge in [0.15, 0.2) is 11.5 Å². The molecule has 4 rings (SSSR count). The third kappa shape index (κ3) is 6.01. The highest BCUT2D eigenvalue weighted by Crippen LogP contribution is 2.34. The van der Waals surface area contributed by atoms with Gasteiger partial charge in [0.1, 0.15) is 0 Å². The van der Waals surface area contributed by atoms with Crippen LogP contribution in [0.25, 0.3) is 12.2 Å². The minimum absolute atomic E-state index is 0.00874. The van der Waals surface area contributed by atoms with Crippen LogP contribution >= 0.6 is 0 Å². The molecule has 1 aromatic heterocycles. The molecule has 1 heterocycles. The summed E-state index contributed by atoms with van der Waals surface area (Å²) in [6, 6.07) is 15.9. The maximum Gasteiger partial charge on any atom is 0.387 e. The minimum Gasteiger partial charge on any atom is -0.489 e. The Morgan fingerprint density at radius 3 is 2.58 bits per heavy atom.